The maximum Gasteiger partial charge on any atom is 0.0346 e. The topological polar surface area (TPSA) is 24.9 Å². The molecule has 90 valence electrons. The van der Waals surface area contributed by atoms with E-state index >= 15 is 0 Å². The average Bonchev–Trinajstić information content (AvgIpc) is 2.36. The molecule has 1 atom stereocenters. The Morgan fingerprint density at radius 2 is 2.24 bits per heavy atom. The van der Waals surface area contributed by atoms with Gasteiger partial charge >= 0.3 is 0 Å². The summed E-state index contributed by atoms with van der Waals surface area (Å²) in [4.78, 5) is 4.15. The van der Waals surface area contributed by atoms with Crippen LogP contribution in [0.25, 0.3) is 10.8 Å². The lowest BCUT2D eigenvalue weighted by Crippen LogP contribution is -2.27. The van der Waals surface area contributed by atoms with Crippen LogP contribution in [-0.2, 0) is 6.54 Å². The van der Waals surface area contributed by atoms with Gasteiger partial charge in [0.05, 0.1) is 0 Å². The summed E-state index contributed by atoms with van der Waals surface area (Å²) in [6.45, 7) is 3.15. The van der Waals surface area contributed by atoms with Crippen LogP contribution < -0.4 is 5.32 Å². The molecule has 0 bridgehead atoms. The van der Waals surface area contributed by atoms with Crippen LogP contribution in [0.3, 0.4) is 0 Å². The quantitative estimate of drug-likeness (QED) is 0.877. The first kappa shape index (κ1) is 12.4. The molecular weight excluding hydrogens is 228 g/mol. The maximum atomic E-state index is 4.15. The minimum absolute atomic E-state index is 0.544. The van der Waals surface area contributed by atoms with Crippen molar-refractivity contribution >= 4 is 22.5 Å². The molecule has 2 aromatic rings. The van der Waals surface area contributed by atoms with Crippen molar-refractivity contribution < 1.29 is 0 Å². The van der Waals surface area contributed by atoms with Crippen LogP contribution in [0.5, 0.6) is 0 Å². The smallest absolute Gasteiger partial charge is 0.0346 e. The number of thioether (sulfide) groups is 1. The molecule has 17 heavy (non-hydrogen) atoms. The summed E-state index contributed by atoms with van der Waals surface area (Å²) in [5.74, 6) is 1.15. The Morgan fingerprint density at radius 3 is 3.06 bits per heavy atom. The standard InChI is InChI=1S/C14H18N2S/c1-11(10-17-2)16-9-13-5-3-4-12-8-15-7-6-14(12)13/h3-8,11,16H,9-10H2,1-2H3. The van der Waals surface area contributed by atoms with Gasteiger partial charge in [-0.3, -0.25) is 4.98 Å². The maximum absolute atomic E-state index is 4.15. The van der Waals surface area contributed by atoms with Gasteiger partial charge in [-0.05, 0) is 30.2 Å². The molecule has 0 radical (unpaired) electrons. The molecule has 0 saturated heterocycles. The minimum atomic E-state index is 0.544. The Hall–Kier alpha value is -1.06. The van der Waals surface area contributed by atoms with E-state index in [4.69, 9.17) is 0 Å². The summed E-state index contributed by atoms with van der Waals surface area (Å²) >= 11 is 1.88. The van der Waals surface area contributed by atoms with Gasteiger partial charge in [0.25, 0.3) is 0 Å². The van der Waals surface area contributed by atoms with E-state index in [0.717, 1.165) is 12.3 Å². The molecule has 0 aliphatic heterocycles. The van der Waals surface area contributed by atoms with E-state index < -0.39 is 0 Å². The molecule has 0 aliphatic carbocycles. The number of nitrogens with zero attached hydrogens (tertiary/aromatic N) is 1. The Balaban J connectivity index is 2.13. The number of rotatable bonds is 5. The Bertz CT molecular complexity index is 479. The van der Waals surface area contributed by atoms with Gasteiger partial charge in [0.1, 0.15) is 0 Å². The van der Waals surface area contributed by atoms with Crippen molar-refractivity contribution in [1.82, 2.24) is 10.3 Å². The number of aromatic nitrogens is 1. The lowest BCUT2D eigenvalue weighted by molar-refractivity contribution is 0.598. The lowest BCUT2D eigenvalue weighted by atomic mass is 10.1. The molecular formula is C14H18N2S. The van der Waals surface area contributed by atoms with E-state index in [2.05, 4.69) is 47.7 Å². The second kappa shape index (κ2) is 6.03. The third kappa shape index (κ3) is 3.20. The fourth-order valence-corrected chi connectivity index (χ4v) is 2.55. The summed E-state index contributed by atoms with van der Waals surface area (Å²) in [5.41, 5.74) is 1.35. The van der Waals surface area contributed by atoms with Gasteiger partial charge in [0.2, 0.25) is 0 Å². The number of pyridine rings is 1. The van der Waals surface area contributed by atoms with Crippen LogP contribution in [0.1, 0.15) is 12.5 Å². The van der Waals surface area contributed by atoms with E-state index in [-0.39, 0.29) is 0 Å². The van der Waals surface area contributed by atoms with Crippen molar-refractivity contribution in [1.29, 1.82) is 0 Å². The van der Waals surface area contributed by atoms with Crippen LogP contribution in [0, 0.1) is 0 Å². The summed E-state index contributed by atoms with van der Waals surface area (Å²) < 4.78 is 0. The highest BCUT2D eigenvalue weighted by Gasteiger charge is 2.03. The summed E-state index contributed by atoms with van der Waals surface area (Å²) in [7, 11) is 0. The molecule has 1 aromatic heterocycles. The van der Waals surface area contributed by atoms with Crippen LogP contribution in [0.15, 0.2) is 36.7 Å². The number of benzene rings is 1. The van der Waals surface area contributed by atoms with Gasteiger partial charge in [-0.2, -0.15) is 11.8 Å². The highest BCUT2D eigenvalue weighted by molar-refractivity contribution is 7.98. The van der Waals surface area contributed by atoms with Crippen molar-refractivity contribution in [2.75, 3.05) is 12.0 Å². The van der Waals surface area contributed by atoms with Gasteiger partial charge in [0.15, 0.2) is 0 Å². The fourth-order valence-electron chi connectivity index (χ4n) is 1.94. The molecule has 0 spiro atoms. The SMILES string of the molecule is CSCC(C)NCc1cccc2cnccc12. The van der Waals surface area contributed by atoms with Gasteiger partial charge in [-0.1, -0.05) is 18.2 Å². The van der Waals surface area contributed by atoms with E-state index in [0.29, 0.717) is 6.04 Å². The molecule has 1 aromatic carbocycles. The molecule has 0 amide bonds. The van der Waals surface area contributed by atoms with E-state index in [1.165, 1.54) is 16.3 Å². The zero-order chi connectivity index (χ0) is 12.1. The van der Waals surface area contributed by atoms with Crippen LogP contribution in [0.4, 0.5) is 0 Å². The molecule has 2 rings (SSSR count). The highest BCUT2D eigenvalue weighted by Crippen LogP contribution is 2.17. The van der Waals surface area contributed by atoms with Crippen molar-refractivity contribution in [2.24, 2.45) is 0 Å². The molecule has 0 saturated carbocycles. The molecule has 2 nitrogen and oxygen atoms in total. The second-order valence-electron chi connectivity index (χ2n) is 4.25. The predicted molar refractivity (Wildman–Crippen MR) is 76.4 cm³/mol. The summed E-state index contributed by atoms with van der Waals surface area (Å²) in [6.07, 6.45) is 5.92. The van der Waals surface area contributed by atoms with Gasteiger partial charge < -0.3 is 5.32 Å². The lowest BCUT2D eigenvalue weighted by Gasteiger charge is -2.13. The van der Waals surface area contributed by atoms with Crippen LogP contribution in [-0.4, -0.2) is 23.0 Å². The fraction of sp³-hybridized carbons (Fsp3) is 0.357. The normalized spacial score (nSPS) is 12.8. The third-order valence-corrected chi connectivity index (χ3v) is 3.66. The van der Waals surface area contributed by atoms with Crippen LogP contribution >= 0.6 is 11.8 Å². The van der Waals surface area contributed by atoms with E-state index in [9.17, 15) is 0 Å². The monoisotopic (exact) mass is 246 g/mol. The average molecular weight is 246 g/mol. The van der Waals surface area contributed by atoms with Crippen molar-refractivity contribution in [3.63, 3.8) is 0 Å². The van der Waals surface area contributed by atoms with E-state index in [1.807, 2.05) is 24.2 Å². The molecule has 0 fully saturated rings. The molecule has 1 heterocycles. The first-order chi connectivity index (χ1) is 8.31. The molecule has 0 aliphatic rings. The third-order valence-electron chi connectivity index (χ3n) is 2.83. The Labute approximate surface area is 107 Å². The first-order valence-electron chi connectivity index (χ1n) is 5.85. The Kier molecular flexibility index (Phi) is 4.40. The van der Waals surface area contributed by atoms with Crippen LogP contribution in [0.2, 0.25) is 0 Å². The number of hydrogen-bond donors (Lipinski definition) is 1. The Morgan fingerprint density at radius 1 is 1.35 bits per heavy atom. The van der Waals surface area contributed by atoms with Gasteiger partial charge in [0, 0.05) is 36.1 Å². The molecule has 1 N–H and O–H groups in total. The first-order valence-corrected chi connectivity index (χ1v) is 7.24. The van der Waals surface area contributed by atoms with Gasteiger partial charge in [-0.15, -0.1) is 0 Å². The second-order valence-corrected chi connectivity index (χ2v) is 5.16. The van der Waals surface area contributed by atoms with E-state index in [1.54, 1.807) is 0 Å². The zero-order valence-corrected chi connectivity index (χ0v) is 11.1. The minimum Gasteiger partial charge on any atom is -0.309 e. The van der Waals surface area contributed by atoms with Crippen molar-refractivity contribution in [3.8, 4) is 0 Å². The molecule has 3 heteroatoms. The number of fused-ring (bicyclic) bond motifs is 1. The predicted octanol–water partition coefficient (Wildman–Crippen LogP) is 3.08. The summed E-state index contributed by atoms with van der Waals surface area (Å²) in [6, 6.07) is 9.02. The highest BCUT2D eigenvalue weighted by atomic mass is 32.2. The summed E-state index contributed by atoms with van der Waals surface area (Å²) in [5, 5.41) is 6.06. The largest absolute Gasteiger partial charge is 0.309 e. The van der Waals surface area contributed by atoms with Crippen molar-refractivity contribution in [2.45, 2.75) is 19.5 Å². The van der Waals surface area contributed by atoms with Gasteiger partial charge in [-0.25, -0.2) is 0 Å². The zero-order valence-electron chi connectivity index (χ0n) is 10.3. The number of nitrogens with one attached hydrogen (secondary N) is 1. The van der Waals surface area contributed by atoms with Crippen molar-refractivity contribution in [3.05, 3.63) is 42.2 Å². The molecule has 1 unspecified atom stereocenters. The number of hydrogen-bond acceptors (Lipinski definition) is 3.